The lowest BCUT2D eigenvalue weighted by Crippen LogP contribution is -2.37. The molecular weight excluding hydrogens is 495 g/mol. The lowest BCUT2D eigenvalue weighted by Gasteiger charge is -2.25. The van der Waals surface area contributed by atoms with E-state index in [4.69, 9.17) is 15.2 Å². The summed E-state index contributed by atoms with van der Waals surface area (Å²) in [7, 11) is 5.06. The summed E-state index contributed by atoms with van der Waals surface area (Å²) in [6.07, 6.45) is 0.492. The number of halogens is 1. The smallest absolute Gasteiger partial charge is 0.223 e. The molecule has 1 aliphatic rings. The van der Waals surface area contributed by atoms with E-state index in [1.54, 1.807) is 14.2 Å². The van der Waals surface area contributed by atoms with Gasteiger partial charge in [-0.1, -0.05) is 36.4 Å². The number of hydrogen-bond acceptors (Lipinski definition) is 4. The summed E-state index contributed by atoms with van der Waals surface area (Å²) < 4.78 is 10.6. The molecule has 0 radical (unpaired) electrons. The largest absolute Gasteiger partial charge is 0.493 e. The lowest BCUT2D eigenvalue weighted by molar-refractivity contribution is -0.127. The maximum atomic E-state index is 12.3. The topological polar surface area (TPSA) is 89.2 Å². The number of rotatable bonds is 7. The molecule has 1 heterocycles. The predicted octanol–water partition coefficient (Wildman–Crippen LogP) is 2.95. The third kappa shape index (κ3) is 5.56. The average molecular weight is 524 g/mol. The van der Waals surface area contributed by atoms with Crippen molar-refractivity contribution in [3.8, 4) is 11.5 Å². The second kappa shape index (κ2) is 11.1. The molecule has 0 bridgehead atoms. The number of hydrogen-bond donors (Lipinski definition) is 2. The fourth-order valence-electron chi connectivity index (χ4n) is 3.73. The normalized spacial score (nSPS) is 18.7. The number of guanidine groups is 1. The number of likely N-dealkylation sites (tertiary alicyclic amines) is 1. The molecule has 1 aliphatic heterocycles. The van der Waals surface area contributed by atoms with Crippen LogP contribution in [0.15, 0.2) is 53.5 Å². The van der Waals surface area contributed by atoms with Crippen LogP contribution in [-0.4, -0.2) is 44.6 Å². The Morgan fingerprint density at radius 2 is 1.87 bits per heavy atom. The van der Waals surface area contributed by atoms with Gasteiger partial charge >= 0.3 is 0 Å². The zero-order chi connectivity index (χ0) is 20.8. The minimum Gasteiger partial charge on any atom is -0.493 e. The van der Waals surface area contributed by atoms with E-state index in [0.29, 0.717) is 37.0 Å². The number of amides is 1. The highest BCUT2D eigenvalue weighted by Gasteiger charge is 2.38. The summed E-state index contributed by atoms with van der Waals surface area (Å²) in [6.45, 7) is 1.00. The monoisotopic (exact) mass is 524 g/mol. The summed E-state index contributed by atoms with van der Waals surface area (Å²) in [5.41, 5.74) is 8.16. The van der Waals surface area contributed by atoms with Crippen molar-refractivity contribution in [2.24, 2.45) is 16.6 Å². The van der Waals surface area contributed by atoms with E-state index in [9.17, 15) is 4.79 Å². The quantitative estimate of drug-likeness (QED) is 0.331. The molecule has 1 saturated heterocycles. The SMILES string of the molecule is COc1ccc(CN=C(N)NCC2CC(=O)N(C)C2c2ccccc2)cc1OC.I. The van der Waals surface area contributed by atoms with Crippen LogP contribution in [0.1, 0.15) is 23.6 Å². The standard InChI is InChI=1S/C22H28N4O3.HI/c1-26-20(27)12-17(21(26)16-7-5-4-6-8-16)14-25-22(23)24-13-15-9-10-18(28-2)19(11-15)29-3;/h4-11,17,21H,12-14H2,1-3H3,(H3,23,24,25);1H. The van der Waals surface area contributed by atoms with Crippen molar-refractivity contribution in [2.45, 2.75) is 19.0 Å². The highest BCUT2D eigenvalue weighted by Crippen LogP contribution is 2.36. The van der Waals surface area contributed by atoms with Crippen LogP contribution in [0.4, 0.5) is 0 Å². The first kappa shape index (κ1) is 23.8. The van der Waals surface area contributed by atoms with Gasteiger partial charge < -0.3 is 25.4 Å². The molecule has 3 rings (SSSR count). The third-order valence-corrected chi connectivity index (χ3v) is 5.26. The second-order valence-electron chi connectivity index (χ2n) is 7.10. The van der Waals surface area contributed by atoms with Crippen molar-refractivity contribution >= 4 is 35.8 Å². The first-order valence-electron chi connectivity index (χ1n) is 9.58. The van der Waals surface area contributed by atoms with Crippen molar-refractivity contribution in [3.05, 3.63) is 59.7 Å². The molecule has 8 heteroatoms. The van der Waals surface area contributed by atoms with Crippen molar-refractivity contribution < 1.29 is 14.3 Å². The number of carbonyl (C=O) groups is 1. The molecule has 1 fully saturated rings. The van der Waals surface area contributed by atoms with Gasteiger partial charge in [0, 0.05) is 25.9 Å². The summed E-state index contributed by atoms with van der Waals surface area (Å²) in [5.74, 6) is 1.96. The Labute approximate surface area is 194 Å². The minimum atomic E-state index is 0. The molecule has 0 saturated carbocycles. The number of benzene rings is 2. The van der Waals surface area contributed by atoms with Gasteiger partial charge in [-0.05, 0) is 23.3 Å². The number of carbonyl (C=O) groups excluding carboxylic acids is 1. The molecular formula is C22H29IN4O3. The van der Waals surface area contributed by atoms with Gasteiger partial charge in [-0.3, -0.25) is 4.79 Å². The van der Waals surface area contributed by atoms with E-state index in [2.05, 4.69) is 22.4 Å². The first-order valence-corrected chi connectivity index (χ1v) is 9.58. The Hall–Kier alpha value is -2.49. The zero-order valence-corrected chi connectivity index (χ0v) is 19.8. The van der Waals surface area contributed by atoms with E-state index < -0.39 is 0 Å². The van der Waals surface area contributed by atoms with Crippen LogP contribution in [0.2, 0.25) is 0 Å². The van der Waals surface area contributed by atoms with Crippen LogP contribution >= 0.6 is 24.0 Å². The Morgan fingerprint density at radius 3 is 2.53 bits per heavy atom. The molecule has 3 N–H and O–H groups in total. The van der Waals surface area contributed by atoms with Gasteiger partial charge in [0.1, 0.15) is 0 Å². The fraction of sp³-hybridized carbons (Fsp3) is 0.364. The Balaban J connectivity index is 0.00000320. The van der Waals surface area contributed by atoms with Crippen LogP contribution in [0.3, 0.4) is 0 Å². The van der Waals surface area contributed by atoms with Crippen LogP contribution in [0, 0.1) is 5.92 Å². The Kier molecular flexibility index (Phi) is 8.76. The molecule has 2 unspecified atom stereocenters. The zero-order valence-electron chi connectivity index (χ0n) is 17.5. The van der Waals surface area contributed by atoms with Crippen LogP contribution < -0.4 is 20.5 Å². The van der Waals surface area contributed by atoms with Gasteiger partial charge in [-0.2, -0.15) is 0 Å². The molecule has 162 valence electrons. The molecule has 0 aliphatic carbocycles. The maximum absolute atomic E-state index is 12.3. The Morgan fingerprint density at radius 1 is 1.17 bits per heavy atom. The first-order chi connectivity index (χ1) is 14.0. The minimum absolute atomic E-state index is 0. The average Bonchev–Trinajstić information content (AvgIpc) is 3.04. The maximum Gasteiger partial charge on any atom is 0.223 e. The third-order valence-electron chi connectivity index (χ3n) is 5.26. The van der Waals surface area contributed by atoms with Crippen molar-refractivity contribution in [3.63, 3.8) is 0 Å². The molecule has 0 spiro atoms. The summed E-state index contributed by atoms with van der Waals surface area (Å²) >= 11 is 0. The van der Waals surface area contributed by atoms with E-state index in [0.717, 1.165) is 11.1 Å². The molecule has 2 atom stereocenters. The molecule has 2 aromatic rings. The van der Waals surface area contributed by atoms with Gasteiger partial charge in [0.05, 0.1) is 26.8 Å². The van der Waals surface area contributed by atoms with E-state index in [1.165, 1.54) is 0 Å². The van der Waals surface area contributed by atoms with Crippen LogP contribution in [0.5, 0.6) is 11.5 Å². The lowest BCUT2D eigenvalue weighted by atomic mass is 9.94. The molecule has 0 aromatic heterocycles. The van der Waals surface area contributed by atoms with Crippen LogP contribution in [0.25, 0.3) is 0 Å². The van der Waals surface area contributed by atoms with Crippen LogP contribution in [-0.2, 0) is 11.3 Å². The van der Waals surface area contributed by atoms with Gasteiger partial charge in [0.25, 0.3) is 0 Å². The number of nitrogens with one attached hydrogen (secondary N) is 1. The van der Waals surface area contributed by atoms with Gasteiger partial charge in [-0.15, -0.1) is 24.0 Å². The summed E-state index contributed by atoms with van der Waals surface area (Å²) in [4.78, 5) is 18.5. The number of aliphatic imine (C=N–C) groups is 1. The number of nitrogens with zero attached hydrogens (tertiary/aromatic N) is 2. The van der Waals surface area contributed by atoms with Crippen molar-refractivity contribution in [1.82, 2.24) is 10.2 Å². The van der Waals surface area contributed by atoms with E-state index in [1.807, 2.05) is 48.3 Å². The summed E-state index contributed by atoms with van der Waals surface area (Å²) in [5, 5.41) is 3.18. The molecule has 30 heavy (non-hydrogen) atoms. The highest BCUT2D eigenvalue weighted by atomic mass is 127. The number of nitrogens with two attached hydrogens (primary N) is 1. The molecule has 2 aromatic carbocycles. The highest BCUT2D eigenvalue weighted by molar-refractivity contribution is 14.0. The number of methoxy groups -OCH3 is 2. The number of ether oxygens (including phenoxy) is 2. The van der Waals surface area contributed by atoms with Gasteiger partial charge in [0.2, 0.25) is 5.91 Å². The summed E-state index contributed by atoms with van der Waals surface area (Å²) in [6, 6.07) is 15.8. The Bertz CT molecular complexity index is 876. The van der Waals surface area contributed by atoms with E-state index in [-0.39, 0.29) is 41.8 Å². The van der Waals surface area contributed by atoms with Crippen molar-refractivity contribution in [1.29, 1.82) is 0 Å². The van der Waals surface area contributed by atoms with E-state index >= 15 is 0 Å². The molecule has 7 nitrogen and oxygen atoms in total. The van der Waals surface area contributed by atoms with Crippen molar-refractivity contribution in [2.75, 3.05) is 27.8 Å². The molecule has 1 amide bonds. The predicted molar refractivity (Wildman–Crippen MR) is 128 cm³/mol. The van der Waals surface area contributed by atoms with Gasteiger partial charge in [0.15, 0.2) is 17.5 Å². The second-order valence-corrected chi connectivity index (χ2v) is 7.10. The van der Waals surface area contributed by atoms with Gasteiger partial charge in [-0.25, -0.2) is 4.99 Å². The fourth-order valence-corrected chi connectivity index (χ4v) is 3.73.